The summed E-state index contributed by atoms with van der Waals surface area (Å²) in [6, 6.07) is 5.66. The number of nitrogens with one attached hydrogen (secondary N) is 2. The van der Waals surface area contributed by atoms with Gasteiger partial charge in [0.2, 0.25) is 0 Å². The Labute approximate surface area is 182 Å². The number of anilines is 1. The first kappa shape index (κ1) is 25.3. The molecule has 0 spiro atoms. The van der Waals surface area contributed by atoms with Crippen molar-refractivity contribution in [3.8, 4) is 0 Å². The van der Waals surface area contributed by atoms with Crippen molar-refractivity contribution in [2.75, 3.05) is 38.3 Å². The third-order valence-corrected chi connectivity index (χ3v) is 4.98. The number of carbonyl (C=O) groups is 1. The Kier molecular flexibility index (Phi) is 9.00. The predicted molar refractivity (Wildman–Crippen MR) is 114 cm³/mol. The van der Waals surface area contributed by atoms with Crippen molar-refractivity contribution >= 4 is 11.8 Å². The van der Waals surface area contributed by atoms with E-state index in [1.807, 2.05) is 20.8 Å². The molecule has 1 aliphatic heterocycles. The van der Waals surface area contributed by atoms with E-state index in [9.17, 15) is 18.0 Å². The van der Waals surface area contributed by atoms with E-state index in [0.717, 1.165) is 50.2 Å². The lowest BCUT2D eigenvalue weighted by atomic mass is 10.1. The number of alkyl halides is 3. The predicted octanol–water partition coefficient (Wildman–Crippen LogP) is 4.19. The van der Waals surface area contributed by atoms with E-state index in [1.54, 1.807) is 7.11 Å². The van der Waals surface area contributed by atoms with Gasteiger partial charge >= 0.3 is 12.3 Å². The summed E-state index contributed by atoms with van der Waals surface area (Å²) in [6.45, 7) is 8.02. The maximum Gasteiger partial charge on any atom is 0.416 e. The van der Waals surface area contributed by atoms with E-state index in [-0.39, 0.29) is 12.1 Å². The normalized spacial score (nSPS) is 18.2. The molecule has 1 aromatic rings. The quantitative estimate of drug-likeness (QED) is 0.558. The fourth-order valence-corrected chi connectivity index (χ4v) is 3.59. The summed E-state index contributed by atoms with van der Waals surface area (Å²) in [5.41, 5.74) is -0.363. The minimum absolute atomic E-state index is 0.128. The van der Waals surface area contributed by atoms with E-state index < -0.39 is 23.4 Å². The van der Waals surface area contributed by atoms with Crippen LogP contribution in [0.15, 0.2) is 24.3 Å². The van der Waals surface area contributed by atoms with E-state index in [0.29, 0.717) is 13.2 Å². The summed E-state index contributed by atoms with van der Waals surface area (Å²) in [5, 5.41) is 6.34. The van der Waals surface area contributed by atoms with Crippen LogP contribution in [0.1, 0.15) is 45.6 Å². The number of amides is 1. The largest absolute Gasteiger partial charge is 0.444 e. The van der Waals surface area contributed by atoms with E-state index in [4.69, 9.17) is 9.47 Å². The summed E-state index contributed by atoms with van der Waals surface area (Å²) in [6.07, 6.45) is -2.25. The van der Waals surface area contributed by atoms with Gasteiger partial charge in [0.25, 0.3) is 0 Å². The first-order valence-corrected chi connectivity index (χ1v) is 10.6. The monoisotopic (exact) mass is 445 g/mol. The molecule has 1 aliphatic rings. The van der Waals surface area contributed by atoms with Crippen molar-refractivity contribution in [1.29, 1.82) is 0 Å². The third-order valence-electron chi connectivity index (χ3n) is 4.98. The number of methoxy groups -OCH3 is 1. The Hall–Kier alpha value is -2.00. The van der Waals surface area contributed by atoms with Gasteiger partial charge in [-0.3, -0.25) is 0 Å². The molecule has 1 saturated heterocycles. The molecule has 0 saturated carbocycles. The highest BCUT2D eigenvalue weighted by molar-refractivity contribution is 5.67. The fraction of sp³-hybridized carbons (Fsp3) is 0.682. The number of benzene rings is 1. The van der Waals surface area contributed by atoms with Gasteiger partial charge in [-0.1, -0.05) is 0 Å². The molecule has 9 heteroatoms. The third kappa shape index (κ3) is 8.95. The number of rotatable bonds is 9. The summed E-state index contributed by atoms with van der Waals surface area (Å²) in [4.78, 5) is 13.8. The molecular formula is C22H34F3N3O3. The zero-order valence-corrected chi connectivity index (χ0v) is 18.7. The van der Waals surface area contributed by atoms with Crippen molar-refractivity contribution in [2.24, 2.45) is 0 Å². The summed E-state index contributed by atoms with van der Waals surface area (Å²) in [5.74, 6) is 0. The Balaban J connectivity index is 1.77. The van der Waals surface area contributed by atoms with Gasteiger partial charge in [-0.05, 0) is 64.3 Å². The molecule has 0 aromatic heterocycles. The molecule has 0 bridgehead atoms. The number of halogens is 3. The number of nitrogens with zero attached hydrogens (tertiary/aromatic N) is 1. The van der Waals surface area contributed by atoms with Crippen LogP contribution in [0.4, 0.5) is 23.7 Å². The SMILES string of the molecule is COC[C@@H](CCCNC(=O)OC(C)(C)C)N[C@H]1CCN(c2ccc(C(F)(F)F)cc2)C1. The second-order valence-electron chi connectivity index (χ2n) is 8.87. The zero-order chi connectivity index (χ0) is 23.1. The van der Waals surface area contributed by atoms with Gasteiger partial charge in [-0.25, -0.2) is 4.79 Å². The second kappa shape index (κ2) is 11.0. The van der Waals surface area contributed by atoms with Gasteiger partial charge in [0.05, 0.1) is 12.2 Å². The first-order chi connectivity index (χ1) is 14.5. The lowest BCUT2D eigenvalue weighted by molar-refractivity contribution is -0.137. The van der Waals surface area contributed by atoms with Gasteiger partial charge in [-0.15, -0.1) is 0 Å². The molecule has 2 rings (SSSR count). The lowest BCUT2D eigenvalue weighted by Crippen LogP contribution is -2.43. The van der Waals surface area contributed by atoms with Crippen molar-refractivity contribution < 1.29 is 27.4 Å². The van der Waals surface area contributed by atoms with Crippen LogP contribution in [-0.4, -0.2) is 57.1 Å². The van der Waals surface area contributed by atoms with E-state index >= 15 is 0 Å². The van der Waals surface area contributed by atoms with Crippen LogP contribution in [0.2, 0.25) is 0 Å². The van der Waals surface area contributed by atoms with Crippen LogP contribution in [0, 0.1) is 0 Å². The molecule has 6 nitrogen and oxygen atoms in total. The average molecular weight is 446 g/mol. The molecule has 1 aromatic carbocycles. The Morgan fingerprint density at radius 1 is 1.23 bits per heavy atom. The molecule has 31 heavy (non-hydrogen) atoms. The van der Waals surface area contributed by atoms with Crippen molar-refractivity contribution in [3.63, 3.8) is 0 Å². The summed E-state index contributed by atoms with van der Waals surface area (Å²) < 4.78 is 48.8. The zero-order valence-electron chi connectivity index (χ0n) is 18.7. The average Bonchev–Trinajstić information content (AvgIpc) is 3.12. The molecular weight excluding hydrogens is 411 g/mol. The number of alkyl carbamates (subject to hydrolysis) is 1. The van der Waals surface area contributed by atoms with Crippen molar-refractivity contribution in [3.05, 3.63) is 29.8 Å². The number of hydrogen-bond acceptors (Lipinski definition) is 5. The van der Waals surface area contributed by atoms with E-state index in [1.165, 1.54) is 12.1 Å². The molecule has 0 unspecified atom stereocenters. The fourth-order valence-electron chi connectivity index (χ4n) is 3.59. The van der Waals surface area contributed by atoms with Crippen molar-refractivity contribution in [1.82, 2.24) is 10.6 Å². The Morgan fingerprint density at radius 3 is 2.48 bits per heavy atom. The minimum atomic E-state index is -4.32. The summed E-state index contributed by atoms with van der Waals surface area (Å²) >= 11 is 0. The van der Waals surface area contributed by atoms with Gasteiger partial charge < -0.3 is 25.0 Å². The van der Waals surface area contributed by atoms with Gasteiger partial charge in [0.15, 0.2) is 0 Å². The van der Waals surface area contributed by atoms with Crippen LogP contribution in [0.5, 0.6) is 0 Å². The molecule has 2 atom stereocenters. The summed E-state index contributed by atoms with van der Waals surface area (Å²) in [7, 11) is 1.65. The van der Waals surface area contributed by atoms with Gasteiger partial charge in [-0.2, -0.15) is 13.2 Å². The highest BCUT2D eigenvalue weighted by Gasteiger charge is 2.31. The Morgan fingerprint density at radius 2 is 1.90 bits per heavy atom. The van der Waals surface area contributed by atoms with E-state index in [2.05, 4.69) is 15.5 Å². The van der Waals surface area contributed by atoms with Crippen LogP contribution in [0.3, 0.4) is 0 Å². The minimum Gasteiger partial charge on any atom is -0.444 e. The molecule has 1 fully saturated rings. The molecule has 0 aliphatic carbocycles. The highest BCUT2D eigenvalue weighted by Crippen LogP contribution is 2.31. The van der Waals surface area contributed by atoms with Gasteiger partial charge in [0.1, 0.15) is 5.60 Å². The first-order valence-electron chi connectivity index (χ1n) is 10.6. The van der Waals surface area contributed by atoms with Crippen LogP contribution in [0.25, 0.3) is 0 Å². The lowest BCUT2D eigenvalue weighted by Gasteiger charge is -2.24. The Bertz CT molecular complexity index is 690. The van der Waals surface area contributed by atoms with Gasteiger partial charge in [0, 0.05) is 44.5 Å². The number of ether oxygens (including phenoxy) is 2. The molecule has 1 heterocycles. The maximum atomic E-state index is 12.8. The van der Waals surface area contributed by atoms with Crippen LogP contribution in [-0.2, 0) is 15.7 Å². The molecule has 1 amide bonds. The highest BCUT2D eigenvalue weighted by atomic mass is 19.4. The topological polar surface area (TPSA) is 62.8 Å². The number of carbonyl (C=O) groups excluding carboxylic acids is 1. The smallest absolute Gasteiger partial charge is 0.416 e. The standard InChI is InChI=1S/C22H34F3N3O3/c1-21(2,3)31-20(29)26-12-5-6-18(15-30-4)27-17-11-13-28(14-17)19-9-7-16(8-10-19)22(23,24)25/h7-10,17-18,27H,5-6,11-15H2,1-4H3,(H,26,29)/t17-,18+/m0/s1. The maximum absolute atomic E-state index is 12.8. The van der Waals surface area contributed by atoms with Crippen LogP contribution < -0.4 is 15.5 Å². The van der Waals surface area contributed by atoms with Crippen molar-refractivity contribution in [2.45, 2.75) is 63.9 Å². The number of hydrogen-bond donors (Lipinski definition) is 2. The molecule has 0 radical (unpaired) electrons. The van der Waals surface area contributed by atoms with Crippen LogP contribution >= 0.6 is 0 Å². The molecule has 2 N–H and O–H groups in total. The second-order valence-corrected chi connectivity index (χ2v) is 8.87. The molecule has 176 valence electrons.